The first-order valence-corrected chi connectivity index (χ1v) is 24.7. The lowest BCUT2D eigenvalue weighted by molar-refractivity contribution is -0.143. The average Bonchev–Trinajstić information content (AvgIpc) is 4.13. The van der Waals surface area contributed by atoms with E-state index in [-0.39, 0.29) is 102 Å². The van der Waals surface area contributed by atoms with Crippen molar-refractivity contribution in [1.29, 1.82) is 0 Å². The largest absolute Gasteiger partial charge is 0.480 e. The van der Waals surface area contributed by atoms with Crippen LogP contribution in [-0.4, -0.2) is 190 Å². The number of primary amides is 1. The second-order valence-electron chi connectivity index (χ2n) is 17.8. The molecule has 1 aromatic carbocycles. The number of nitrogens with two attached hydrogens (primary N) is 6. The quantitative estimate of drug-likeness (QED) is 0.0176. The van der Waals surface area contributed by atoms with Gasteiger partial charge in [0.05, 0.1) is 32.6 Å². The van der Waals surface area contributed by atoms with E-state index >= 15 is 0 Å². The number of carboxylic acid groups (broad SMARTS) is 1. The number of hydrogen-bond donors (Lipinski definition) is 17. The number of amides is 10. The molecule has 2 heterocycles. The number of aromatic nitrogens is 2. The first-order chi connectivity index (χ1) is 37.1. The number of rotatable bonds is 34. The first-order valence-electron chi connectivity index (χ1n) is 24.7. The van der Waals surface area contributed by atoms with Crippen LogP contribution in [0.4, 0.5) is 0 Å². The van der Waals surface area contributed by atoms with Gasteiger partial charge >= 0.3 is 5.97 Å². The Labute approximate surface area is 447 Å². The second-order valence-corrected chi connectivity index (χ2v) is 17.8. The van der Waals surface area contributed by atoms with Gasteiger partial charge in [0.2, 0.25) is 59.1 Å². The average molecular weight is 1100 g/mol. The lowest BCUT2D eigenvalue weighted by atomic mass is 10.0. The van der Waals surface area contributed by atoms with Crippen LogP contribution in [0, 0.1) is 0 Å². The van der Waals surface area contributed by atoms with Crippen LogP contribution in [0.15, 0.2) is 52.8 Å². The van der Waals surface area contributed by atoms with Gasteiger partial charge in [-0.3, -0.25) is 57.9 Å². The summed E-state index contributed by atoms with van der Waals surface area (Å²) in [5.41, 5.74) is 33.0. The summed E-state index contributed by atoms with van der Waals surface area (Å²) in [6.45, 7) is -2.50. The molecule has 0 saturated carbocycles. The molecule has 1 saturated heterocycles. The SMILES string of the molecule is NCC(=O)NCC(=O)N[C@@H](CCCN=C(N)N)C(=O)NCC(=O)N[C@@H](Cc1cnc[nH]1)C(=O)N[C@@H](CO)C(=O)N1CCC[C@H]1C(=O)N[C@@H](Cc1ccccc1)C(=O)N[C@@H](CCCN=C(N)N)C(=O)N[C@@H](CCC(N)=O)C(=O)O. The summed E-state index contributed by atoms with van der Waals surface area (Å²) >= 11 is 0. The molecule has 2 aromatic rings. The van der Waals surface area contributed by atoms with Crippen molar-refractivity contribution in [3.8, 4) is 0 Å². The van der Waals surface area contributed by atoms with E-state index in [1.807, 2.05) is 0 Å². The third-order valence-electron chi connectivity index (χ3n) is 11.7. The number of hydrogen-bond acceptors (Lipinski definition) is 16. The van der Waals surface area contributed by atoms with E-state index in [1.54, 1.807) is 30.3 Å². The Kier molecular flexibility index (Phi) is 26.9. The van der Waals surface area contributed by atoms with Crippen molar-refractivity contribution in [1.82, 2.24) is 57.4 Å². The number of imidazole rings is 1. The Balaban J connectivity index is 1.79. The Morgan fingerprint density at radius 2 is 1.22 bits per heavy atom. The topological polar surface area (TPSA) is 537 Å². The van der Waals surface area contributed by atoms with Crippen LogP contribution in [0.1, 0.15) is 62.6 Å². The molecule has 32 heteroatoms. The van der Waals surface area contributed by atoms with Gasteiger partial charge in [-0.05, 0) is 50.5 Å². The fourth-order valence-corrected chi connectivity index (χ4v) is 7.78. The minimum atomic E-state index is -1.68. The Hall–Kier alpha value is -8.94. The number of benzene rings is 1. The standard InChI is InChI=1S/C46H71N19O13/c47-19-35(68)56-21-36(69)59-27(9-4-14-54-45(49)50)38(71)57-22-37(70)60-31(18-26-20-53-24-58-26)41(74)64-32(23-66)43(76)65-16-6-11-33(65)42(75)63-30(17-25-7-2-1-3-8-25)40(73)61-28(10-5-15-55-46(51)52)39(72)62-29(44(77)78)12-13-34(48)67/h1-3,7-8,20,24,27-33,66H,4-6,9-19,21-23,47H2,(H2,48,67)(H,53,58)(H,56,68)(H,57,71)(H,59,69)(H,60,70)(H,61,73)(H,62,72)(H,63,75)(H,64,74)(H,77,78)(H4,49,50,54)(H4,51,52,55)/t27-,28-,29-,30-,31-,32-,33-/m0/s1. The van der Waals surface area contributed by atoms with E-state index in [4.69, 9.17) is 34.4 Å². The molecule has 3 rings (SSSR count). The van der Waals surface area contributed by atoms with Gasteiger partial charge in [-0.15, -0.1) is 0 Å². The minimum Gasteiger partial charge on any atom is -0.480 e. The number of H-pyrrole nitrogens is 1. The minimum absolute atomic E-state index is 0.00385. The molecule has 1 aromatic heterocycles. The van der Waals surface area contributed by atoms with Crippen LogP contribution >= 0.6 is 0 Å². The van der Waals surface area contributed by atoms with E-state index in [2.05, 4.69) is 62.5 Å². The molecule has 0 radical (unpaired) electrons. The molecule has 1 aliphatic heterocycles. The molecule has 23 N–H and O–H groups in total. The Bertz CT molecular complexity index is 2440. The zero-order chi connectivity index (χ0) is 57.7. The van der Waals surface area contributed by atoms with E-state index in [1.165, 1.54) is 12.5 Å². The zero-order valence-electron chi connectivity index (χ0n) is 42.7. The van der Waals surface area contributed by atoms with Gasteiger partial charge in [-0.2, -0.15) is 0 Å². The highest BCUT2D eigenvalue weighted by molar-refractivity contribution is 5.98. The number of carboxylic acids is 1. The molecular weight excluding hydrogens is 1030 g/mol. The number of nitrogens with one attached hydrogen (secondary N) is 9. The van der Waals surface area contributed by atoms with Gasteiger partial charge in [0.25, 0.3) is 0 Å². The summed E-state index contributed by atoms with van der Waals surface area (Å²) in [6.07, 6.45) is 2.15. The van der Waals surface area contributed by atoms with Crippen molar-refractivity contribution in [2.45, 2.75) is 107 Å². The van der Waals surface area contributed by atoms with Gasteiger partial charge in [0.15, 0.2) is 11.9 Å². The smallest absolute Gasteiger partial charge is 0.326 e. The lowest BCUT2D eigenvalue weighted by Crippen LogP contribution is -2.60. The summed E-state index contributed by atoms with van der Waals surface area (Å²) in [6, 6.07) is -1.55. The number of guanidine groups is 2. The first kappa shape index (κ1) is 63.4. The van der Waals surface area contributed by atoms with Crippen molar-refractivity contribution < 1.29 is 63.0 Å². The molecule has 428 valence electrons. The van der Waals surface area contributed by atoms with E-state index in [0.29, 0.717) is 11.3 Å². The van der Waals surface area contributed by atoms with Crippen LogP contribution in [0.5, 0.6) is 0 Å². The van der Waals surface area contributed by atoms with Crippen LogP contribution in [0.2, 0.25) is 0 Å². The highest BCUT2D eigenvalue weighted by Gasteiger charge is 2.40. The molecule has 0 aliphatic carbocycles. The predicted octanol–water partition coefficient (Wildman–Crippen LogP) is -8.26. The van der Waals surface area contributed by atoms with Gasteiger partial charge < -0.3 is 97.0 Å². The molecule has 0 bridgehead atoms. The van der Waals surface area contributed by atoms with Crippen molar-refractivity contribution >= 4 is 77.0 Å². The van der Waals surface area contributed by atoms with Crippen LogP contribution in [0.3, 0.4) is 0 Å². The number of carbonyl (C=O) groups is 11. The maximum absolute atomic E-state index is 14.2. The summed E-state index contributed by atoms with van der Waals surface area (Å²) in [5, 5.41) is 39.8. The normalized spacial score (nSPS) is 15.0. The molecule has 10 amide bonds. The summed E-state index contributed by atoms with van der Waals surface area (Å²) in [7, 11) is 0. The number of nitrogens with zero attached hydrogens (tertiary/aromatic N) is 4. The second kappa shape index (κ2) is 33.2. The Morgan fingerprint density at radius 3 is 1.77 bits per heavy atom. The van der Waals surface area contributed by atoms with E-state index < -0.39 is 127 Å². The number of aliphatic hydroxyl groups excluding tert-OH is 1. The lowest BCUT2D eigenvalue weighted by Gasteiger charge is -2.30. The third-order valence-corrected chi connectivity index (χ3v) is 11.7. The maximum atomic E-state index is 14.2. The van der Waals surface area contributed by atoms with Crippen molar-refractivity contribution in [3.63, 3.8) is 0 Å². The summed E-state index contributed by atoms with van der Waals surface area (Å²) < 4.78 is 0. The number of aromatic amines is 1. The number of carbonyl (C=O) groups excluding carboxylic acids is 10. The predicted molar refractivity (Wildman–Crippen MR) is 277 cm³/mol. The molecule has 0 unspecified atom stereocenters. The molecule has 7 atom stereocenters. The molecule has 1 fully saturated rings. The fourth-order valence-electron chi connectivity index (χ4n) is 7.78. The number of aliphatic hydroxyl groups is 1. The molecular formula is C46H71N19O13. The monoisotopic (exact) mass is 1100 g/mol. The zero-order valence-corrected chi connectivity index (χ0v) is 42.7. The van der Waals surface area contributed by atoms with Gasteiger partial charge in [0.1, 0.15) is 42.3 Å². The van der Waals surface area contributed by atoms with E-state index in [0.717, 1.165) is 4.90 Å². The molecule has 0 spiro atoms. The maximum Gasteiger partial charge on any atom is 0.326 e. The van der Waals surface area contributed by atoms with E-state index in [9.17, 15) is 63.0 Å². The number of aliphatic imine (C=N–C) groups is 2. The highest BCUT2D eigenvalue weighted by atomic mass is 16.4. The van der Waals surface area contributed by atoms with Crippen molar-refractivity contribution in [3.05, 3.63) is 54.1 Å². The van der Waals surface area contributed by atoms with Gasteiger partial charge in [0, 0.05) is 50.8 Å². The Morgan fingerprint density at radius 1 is 0.667 bits per heavy atom. The van der Waals surface area contributed by atoms with Gasteiger partial charge in [-0.25, -0.2) is 9.78 Å². The molecule has 78 heavy (non-hydrogen) atoms. The highest BCUT2D eigenvalue weighted by Crippen LogP contribution is 2.20. The van der Waals surface area contributed by atoms with Crippen LogP contribution in [0.25, 0.3) is 0 Å². The third kappa shape index (κ3) is 22.9. The molecule has 32 nitrogen and oxygen atoms in total. The van der Waals surface area contributed by atoms with Crippen molar-refractivity contribution in [2.24, 2.45) is 44.4 Å². The van der Waals surface area contributed by atoms with Crippen LogP contribution in [-0.2, 0) is 65.6 Å². The fraction of sp³-hybridized carbons (Fsp3) is 0.522. The van der Waals surface area contributed by atoms with Crippen LogP contribution < -0.4 is 76.9 Å². The van der Waals surface area contributed by atoms with Crippen molar-refractivity contribution in [2.75, 3.05) is 45.9 Å². The number of likely N-dealkylation sites (tertiary alicyclic amines) is 1. The number of aliphatic carboxylic acids is 1. The molecule has 1 aliphatic rings. The summed E-state index contributed by atoms with van der Waals surface area (Å²) in [5.74, 6) is -10.3. The summed E-state index contributed by atoms with van der Waals surface area (Å²) in [4.78, 5) is 160. The van der Waals surface area contributed by atoms with Gasteiger partial charge in [-0.1, -0.05) is 30.3 Å².